The number of allylic oxidation sites excluding steroid dienone is 1. The molecule has 1 N–H and O–H groups in total. The number of carbonyl (C=O) groups is 1. The molecule has 0 aliphatic carbocycles. The van der Waals surface area contributed by atoms with E-state index in [0.717, 1.165) is 11.0 Å². The molecule has 4 aromatic rings. The number of nitriles is 1. The highest BCUT2D eigenvalue weighted by molar-refractivity contribution is 6.12. The second kappa shape index (κ2) is 7.45. The number of fused-ring (bicyclic) bond motifs is 1. The lowest BCUT2D eigenvalue weighted by molar-refractivity contribution is 0.103. The number of hydrogen-bond acceptors (Lipinski definition) is 4. The molecule has 29 heavy (non-hydrogen) atoms. The van der Waals surface area contributed by atoms with Crippen LogP contribution in [0.2, 0.25) is 0 Å². The molecule has 0 saturated heterocycles. The van der Waals surface area contributed by atoms with Crippen LogP contribution in [0.15, 0.2) is 78.9 Å². The summed E-state index contributed by atoms with van der Waals surface area (Å²) in [5, 5.41) is 20.8. The van der Waals surface area contributed by atoms with E-state index in [0.29, 0.717) is 22.5 Å². The number of aliphatic hydroxyl groups excluding tert-OH is 1. The number of aliphatic hydroxyl groups is 1. The van der Waals surface area contributed by atoms with Crippen molar-refractivity contribution in [3.8, 4) is 6.07 Å². The van der Waals surface area contributed by atoms with Gasteiger partial charge in [-0.1, -0.05) is 66.7 Å². The van der Waals surface area contributed by atoms with Gasteiger partial charge in [-0.25, -0.2) is 4.98 Å². The third kappa shape index (κ3) is 3.17. The van der Waals surface area contributed by atoms with Crippen molar-refractivity contribution in [3.05, 3.63) is 101 Å². The summed E-state index contributed by atoms with van der Waals surface area (Å²) in [4.78, 5) is 17.5. The first-order valence-electron chi connectivity index (χ1n) is 9.06. The lowest BCUT2D eigenvalue weighted by Crippen LogP contribution is -2.06. The molecule has 4 rings (SSSR count). The highest BCUT2D eigenvalue weighted by Crippen LogP contribution is 2.29. The van der Waals surface area contributed by atoms with Crippen LogP contribution in [0.1, 0.15) is 27.3 Å². The Morgan fingerprint density at radius 1 is 0.931 bits per heavy atom. The van der Waals surface area contributed by atoms with Gasteiger partial charge in [0.2, 0.25) is 0 Å². The predicted octanol–water partition coefficient (Wildman–Crippen LogP) is 4.75. The topological polar surface area (TPSA) is 78.9 Å². The molecular formula is C24H17N3O2. The Bertz CT molecular complexity index is 1290. The molecule has 140 valence electrons. The summed E-state index contributed by atoms with van der Waals surface area (Å²) in [6.07, 6.45) is 0. The van der Waals surface area contributed by atoms with Crippen molar-refractivity contribution in [2.24, 2.45) is 7.05 Å². The zero-order chi connectivity index (χ0) is 20.4. The number of benzene rings is 3. The van der Waals surface area contributed by atoms with Gasteiger partial charge in [-0.3, -0.25) is 4.79 Å². The Labute approximate surface area is 167 Å². The summed E-state index contributed by atoms with van der Waals surface area (Å²) in [7, 11) is 1.79. The Hall–Kier alpha value is -4.17. The first kappa shape index (κ1) is 18.2. The van der Waals surface area contributed by atoms with Gasteiger partial charge in [0.25, 0.3) is 0 Å². The quantitative estimate of drug-likeness (QED) is 0.315. The average molecular weight is 379 g/mol. The van der Waals surface area contributed by atoms with Gasteiger partial charge in [-0.05, 0) is 12.1 Å². The van der Waals surface area contributed by atoms with Gasteiger partial charge in [0.15, 0.2) is 11.6 Å². The van der Waals surface area contributed by atoms with E-state index in [9.17, 15) is 15.2 Å². The zero-order valence-electron chi connectivity index (χ0n) is 15.7. The number of ketones is 1. The van der Waals surface area contributed by atoms with Crippen LogP contribution < -0.4 is 0 Å². The molecule has 5 heteroatoms. The lowest BCUT2D eigenvalue weighted by atomic mass is 9.96. The van der Waals surface area contributed by atoms with E-state index >= 15 is 0 Å². The van der Waals surface area contributed by atoms with Crippen LogP contribution in [0, 0.1) is 11.3 Å². The van der Waals surface area contributed by atoms with Crippen LogP contribution in [-0.4, -0.2) is 20.4 Å². The molecule has 0 radical (unpaired) electrons. The number of carbonyl (C=O) groups excluding carboxylic acids is 1. The van der Waals surface area contributed by atoms with E-state index in [1.165, 1.54) is 0 Å². The van der Waals surface area contributed by atoms with Gasteiger partial charge in [0.05, 0.1) is 11.0 Å². The molecule has 0 amide bonds. The van der Waals surface area contributed by atoms with E-state index in [2.05, 4.69) is 11.1 Å². The minimum absolute atomic E-state index is 0.0111. The summed E-state index contributed by atoms with van der Waals surface area (Å²) in [5.74, 6) is -0.158. The van der Waals surface area contributed by atoms with Crippen LogP contribution >= 0.6 is 0 Å². The third-order valence-electron chi connectivity index (χ3n) is 4.82. The van der Waals surface area contributed by atoms with Crippen LogP contribution in [0.25, 0.3) is 22.4 Å². The zero-order valence-corrected chi connectivity index (χ0v) is 15.7. The fourth-order valence-corrected chi connectivity index (χ4v) is 3.35. The van der Waals surface area contributed by atoms with Crippen molar-refractivity contribution in [2.75, 3.05) is 0 Å². The molecule has 0 unspecified atom stereocenters. The van der Waals surface area contributed by atoms with E-state index in [-0.39, 0.29) is 17.1 Å². The molecule has 1 aromatic heterocycles. The summed E-state index contributed by atoms with van der Waals surface area (Å²) in [6.45, 7) is 0. The molecule has 3 aromatic carbocycles. The first-order valence-corrected chi connectivity index (χ1v) is 9.06. The second-order valence-electron chi connectivity index (χ2n) is 6.56. The lowest BCUT2D eigenvalue weighted by Gasteiger charge is -2.10. The van der Waals surface area contributed by atoms with Crippen molar-refractivity contribution in [3.63, 3.8) is 0 Å². The van der Waals surface area contributed by atoms with Crippen molar-refractivity contribution in [2.45, 2.75) is 0 Å². The fourth-order valence-electron chi connectivity index (χ4n) is 3.35. The molecule has 1 heterocycles. The molecule has 0 bridgehead atoms. The molecule has 0 fully saturated rings. The van der Waals surface area contributed by atoms with Gasteiger partial charge in [0.1, 0.15) is 17.4 Å². The highest BCUT2D eigenvalue weighted by Gasteiger charge is 2.21. The molecule has 0 saturated carbocycles. The number of aryl methyl sites for hydroxylation is 1. The summed E-state index contributed by atoms with van der Waals surface area (Å²) in [5.41, 5.74) is 2.70. The Morgan fingerprint density at radius 3 is 2.24 bits per heavy atom. The Morgan fingerprint density at radius 2 is 1.55 bits per heavy atom. The van der Waals surface area contributed by atoms with Crippen molar-refractivity contribution in [1.29, 1.82) is 5.26 Å². The molecule has 0 aliphatic rings. The first-order chi connectivity index (χ1) is 14.1. The maximum atomic E-state index is 13.0. The number of rotatable bonds is 4. The SMILES string of the molecule is Cn1c(/C(C#N)=C(\O)c2ccccc2C(=O)c2ccccc2)nc2ccccc21. The average Bonchev–Trinajstić information content (AvgIpc) is 3.11. The summed E-state index contributed by atoms with van der Waals surface area (Å²) < 4.78 is 1.76. The second-order valence-corrected chi connectivity index (χ2v) is 6.56. The van der Waals surface area contributed by atoms with E-state index in [4.69, 9.17) is 0 Å². The van der Waals surface area contributed by atoms with Crippen LogP contribution in [0.4, 0.5) is 0 Å². The van der Waals surface area contributed by atoms with E-state index in [1.807, 2.05) is 30.3 Å². The number of hydrogen-bond donors (Lipinski definition) is 1. The Balaban J connectivity index is 1.89. The third-order valence-corrected chi connectivity index (χ3v) is 4.82. The van der Waals surface area contributed by atoms with Crippen LogP contribution in [0.3, 0.4) is 0 Å². The van der Waals surface area contributed by atoms with Crippen LogP contribution in [0.5, 0.6) is 0 Å². The fraction of sp³-hybridized carbons (Fsp3) is 0.0417. The molecule has 0 spiro atoms. The number of para-hydroxylation sites is 2. The monoisotopic (exact) mass is 379 g/mol. The van der Waals surface area contributed by atoms with Crippen molar-refractivity contribution in [1.82, 2.24) is 9.55 Å². The Kier molecular flexibility index (Phi) is 4.68. The standard InChI is InChI=1S/C24H17N3O2/c1-27-21-14-8-7-13-20(21)26-24(27)19(15-25)23(29)18-12-6-5-11-17(18)22(28)16-9-3-2-4-10-16/h2-14,29H,1H3/b23-19-. The minimum Gasteiger partial charge on any atom is -0.506 e. The van der Waals surface area contributed by atoms with Gasteiger partial charge in [-0.15, -0.1) is 0 Å². The summed E-state index contributed by atoms with van der Waals surface area (Å²) >= 11 is 0. The highest BCUT2D eigenvalue weighted by atomic mass is 16.3. The largest absolute Gasteiger partial charge is 0.506 e. The normalized spacial score (nSPS) is 11.7. The van der Waals surface area contributed by atoms with Gasteiger partial charge >= 0.3 is 0 Å². The van der Waals surface area contributed by atoms with E-state index < -0.39 is 0 Å². The maximum Gasteiger partial charge on any atom is 0.193 e. The summed E-state index contributed by atoms with van der Waals surface area (Å²) in [6, 6.07) is 25.1. The van der Waals surface area contributed by atoms with Crippen molar-refractivity contribution < 1.29 is 9.90 Å². The molecular weight excluding hydrogens is 362 g/mol. The van der Waals surface area contributed by atoms with Crippen LogP contribution in [-0.2, 0) is 7.05 Å². The van der Waals surface area contributed by atoms with E-state index in [1.54, 1.807) is 60.1 Å². The molecule has 5 nitrogen and oxygen atoms in total. The maximum absolute atomic E-state index is 13.0. The van der Waals surface area contributed by atoms with Gasteiger partial charge < -0.3 is 9.67 Å². The number of aromatic nitrogens is 2. The number of nitrogens with zero attached hydrogens (tertiary/aromatic N) is 3. The van der Waals surface area contributed by atoms with Gasteiger partial charge in [-0.2, -0.15) is 5.26 Å². The molecule has 0 aliphatic heterocycles. The predicted molar refractivity (Wildman–Crippen MR) is 112 cm³/mol. The van der Waals surface area contributed by atoms with Crippen molar-refractivity contribution >= 4 is 28.1 Å². The number of imidazole rings is 1. The minimum atomic E-state index is -0.272. The van der Waals surface area contributed by atoms with Gasteiger partial charge in [0, 0.05) is 23.7 Å². The smallest absolute Gasteiger partial charge is 0.193 e. The molecule has 0 atom stereocenters.